The van der Waals surface area contributed by atoms with Crippen molar-refractivity contribution in [2.75, 3.05) is 13.6 Å². The van der Waals surface area contributed by atoms with Gasteiger partial charge in [0.1, 0.15) is 0 Å². The van der Waals surface area contributed by atoms with Crippen LogP contribution in [0.4, 0.5) is 0 Å². The van der Waals surface area contributed by atoms with Gasteiger partial charge in [0.15, 0.2) is 0 Å². The van der Waals surface area contributed by atoms with Gasteiger partial charge in [0.25, 0.3) is 0 Å². The van der Waals surface area contributed by atoms with E-state index in [1.165, 1.54) is 12.0 Å². The van der Waals surface area contributed by atoms with Crippen molar-refractivity contribution in [1.29, 1.82) is 0 Å². The second kappa shape index (κ2) is 5.84. The molecule has 10 aromatic rings. The molecule has 1 saturated heterocycles. The van der Waals surface area contributed by atoms with E-state index >= 15 is 0 Å². The Labute approximate surface area is 279 Å². The highest BCUT2D eigenvalue weighted by Crippen LogP contribution is 2.73. The van der Waals surface area contributed by atoms with Gasteiger partial charge in [-0.15, -0.1) is 0 Å². The second-order valence-electron chi connectivity index (χ2n) is 17.8. The molecule has 7 aliphatic carbocycles. The summed E-state index contributed by atoms with van der Waals surface area (Å²) in [5.41, 5.74) is 18.1. The summed E-state index contributed by atoms with van der Waals surface area (Å²) in [6, 6.07) is 20.1. The van der Waals surface area contributed by atoms with Crippen LogP contribution in [0.25, 0.3) is 97.8 Å². The summed E-state index contributed by atoms with van der Waals surface area (Å²) >= 11 is 0. The van der Waals surface area contributed by atoms with Gasteiger partial charge in [0.2, 0.25) is 0 Å². The van der Waals surface area contributed by atoms with Gasteiger partial charge in [-0.2, -0.15) is 0 Å². The highest BCUT2D eigenvalue weighted by molar-refractivity contribution is 6.59. The van der Waals surface area contributed by atoms with Crippen molar-refractivity contribution in [2.45, 2.75) is 42.6 Å². The molecule has 0 amide bonds. The molecule has 10 aromatic carbocycles. The van der Waals surface area contributed by atoms with Gasteiger partial charge in [-0.1, -0.05) is 60.7 Å². The maximum Gasteiger partial charge on any atom is 0.0426 e. The molecular weight excluding hydrogens is 591 g/mol. The Bertz CT molecular complexity index is 3580. The Morgan fingerprint density at radius 1 is 0.633 bits per heavy atom. The fourth-order valence-corrected chi connectivity index (χ4v) is 15.7. The molecule has 1 heterocycles. The van der Waals surface area contributed by atoms with Crippen LogP contribution in [-0.2, 0) is 24.7 Å². The third-order valence-electron chi connectivity index (χ3n) is 16.4. The number of likely N-dealkylation sites (N-methyl/N-ethyl adjacent to an activating group) is 1. The topological polar surface area (TPSA) is 3.24 Å². The third-order valence-corrected chi connectivity index (χ3v) is 16.4. The SMILES string of the molecule is CN1CC23C=C4Cc5cc6c7c8c(cc9c%10c%11c%12c%13c%14c%15c(cc(c%14c%14c2c4c2c5c7c(c%12c%108)c2c%14%13)C3C1c1ccccc1)=CC(C9)C%15%11)C6. The zero-order chi connectivity index (χ0) is 30.5. The van der Waals surface area contributed by atoms with Gasteiger partial charge in [-0.3, -0.25) is 4.90 Å². The lowest BCUT2D eigenvalue weighted by molar-refractivity contribution is 0.303. The van der Waals surface area contributed by atoms with Gasteiger partial charge in [0.05, 0.1) is 0 Å². The van der Waals surface area contributed by atoms with Crippen molar-refractivity contribution in [3.8, 4) is 0 Å². The van der Waals surface area contributed by atoms with Crippen LogP contribution in [0.5, 0.6) is 0 Å². The Morgan fingerprint density at radius 3 is 2.22 bits per heavy atom. The number of nitrogens with zero attached hydrogens (tertiary/aromatic N) is 1. The summed E-state index contributed by atoms with van der Waals surface area (Å²) in [5.74, 6) is 1.49. The first-order valence-corrected chi connectivity index (χ1v) is 18.8. The number of hydrogen-bond acceptors (Lipinski definition) is 1. The lowest BCUT2D eigenvalue weighted by Gasteiger charge is -2.38. The summed E-state index contributed by atoms with van der Waals surface area (Å²) in [7, 11) is 2.43. The van der Waals surface area contributed by atoms with Gasteiger partial charge in [-0.25, -0.2) is 0 Å². The Balaban J connectivity index is 1.25. The van der Waals surface area contributed by atoms with Crippen LogP contribution < -0.4 is 5.22 Å². The zero-order valence-electron chi connectivity index (χ0n) is 26.9. The predicted molar refractivity (Wildman–Crippen MR) is 201 cm³/mol. The Kier molecular flexibility index (Phi) is 2.61. The summed E-state index contributed by atoms with van der Waals surface area (Å²) < 4.78 is 0. The molecule has 0 N–H and O–H groups in total. The Morgan fingerprint density at radius 2 is 1.33 bits per heavy atom. The van der Waals surface area contributed by atoms with E-state index in [9.17, 15) is 0 Å². The predicted octanol–water partition coefficient (Wildman–Crippen LogP) is 9.67. The maximum absolute atomic E-state index is 2.87. The van der Waals surface area contributed by atoms with Crippen molar-refractivity contribution in [2.24, 2.45) is 5.92 Å². The van der Waals surface area contributed by atoms with Gasteiger partial charge in [-0.05, 0) is 185 Å². The van der Waals surface area contributed by atoms with Crippen molar-refractivity contribution in [3.63, 3.8) is 0 Å². The van der Waals surface area contributed by atoms with Crippen molar-refractivity contribution in [1.82, 2.24) is 4.90 Å². The van der Waals surface area contributed by atoms with Gasteiger partial charge < -0.3 is 0 Å². The molecule has 0 saturated carbocycles. The molecule has 8 aliphatic rings. The van der Waals surface area contributed by atoms with Crippen LogP contribution in [0.15, 0.2) is 54.6 Å². The highest BCUT2D eigenvalue weighted by atomic mass is 15.2. The summed E-state index contributed by atoms with van der Waals surface area (Å²) in [5, 5.41) is 28.2. The molecule has 0 aromatic heterocycles. The fraction of sp³-hybridized carbons (Fsp3) is 0.208. The minimum atomic E-state index is -0.00380. The number of hydrogen-bond donors (Lipinski definition) is 0. The van der Waals surface area contributed by atoms with E-state index in [1.54, 1.807) is 147 Å². The quantitative estimate of drug-likeness (QED) is 0.166. The fourth-order valence-electron chi connectivity index (χ4n) is 15.7. The lowest BCUT2D eigenvalue weighted by atomic mass is 9.63. The maximum atomic E-state index is 2.87. The third kappa shape index (κ3) is 1.66. The van der Waals surface area contributed by atoms with Crippen LogP contribution in [0, 0.1) is 5.92 Å². The molecule has 0 radical (unpaired) electrons. The van der Waals surface area contributed by atoms with E-state index in [0.717, 1.165) is 19.4 Å². The monoisotopic (exact) mass is 615 g/mol. The first-order valence-electron chi connectivity index (χ1n) is 18.8. The van der Waals surface area contributed by atoms with E-state index in [2.05, 4.69) is 72.6 Å². The van der Waals surface area contributed by atoms with Crippen molar-refractivity contribution >= 4 is 97.8 Å². The van der Waals surface area contributed by atoms with Crippen LogP contribution in [0.3, 0.4) is 0 Å². The smallest absolute Gasteiger partial charge is 0.0426 e. The molecule has 0 bridgehead atoms. The molecule has 5 atom stereocenters. The number of fused-ring (bicyclic) bond motifs is 1. The molecule has 18 rings (SSSR count). The molecule has 49 heavy (non-hydrogen) atoms. The zero-order valence-corrected chi connectivity index (χ0v) is 26.9. The molecule has 1 nitrogen and oxygen atoms in total. The van der Waals surface area contributed by atoms with Crippen LogP contribution in [0.2, 0.25) is 0 Å². The molecule has 222 valence electrons. The number of likely N-dealkylation sites (tertiary alicyclic amines) is 1. The van der Waals surface area contributed by atoms with E-state index in [-0.39, 0.29) is 5.41 Å². The van der Waals surface area contributed by atoms with E-state index in [0.29, 0.717) is 23.8 Å². The van der Waals surface area contributed by atoms with E-state index < -0.39 is 0 Å². The molecule has 1 heteroatoms. The molecule has 1 spiro atoms. The highest BCUT2D eigenvalue weighted by Gasteiger charge is 2.60. The standard InChI is InChI=1S/C48H25N/c1-49-15-48-14-23-12-21-10-18-7-17-8-20-9-19-11-22-13-24(45(48)47(49)16-5-3-2-4-6-16)32-37-28(22)27(19)34-29(20)33-25(17)26(18)35-30(21)36-31(23)46(48)44(32)43-41(36)39(35)38(33)40(34)42(37)43/h2-6,8,10-11,13-14,19,27,45,47H,7,9,12,15H2,1H3. The van der Waals surface area contributed by atoms with Crippen LogP contribution in [0.1, 0.15) is 73.5 Å². The Hall–Kier alpha value is -4.98. The minimum absolute atomic E-state index is 0.00380. The average Bonchev–Trinajstić information content (AvgIpc) is 3.95. The number of benzene rings is 7. The first-order chi connectivity index (χ1) is 24.2. The van der Waals surface area contributed by atoms with Crippen molar-refractivity contribution in [3.05, 3.63) is 115 Å². The summed E-state index contributed by atoms with van der Waals surface area (Å²) in [6.45, 7) is 1.09. The van der Waals surface area contributed by atoms with Crippen LogP contribution in [-0.4, -0.2) is 18.5 Å². The molecule has 1 fully saturated rings. The number of rotatable bonds is 1. The second-order valence-corrected chi connectivity index (χ2v) is 17.8. The largest absolute Gasteiger partial charge is 0.297 e. The molecular formula is C48H25N. The van der Waals surface area contributed by atoms with Crippen molar-refractivity contribution < 1.29 is 0 Å². The van der Waals surface area contributed by atoms with Gasteiger partial charge >= 0.3 is 0 Å². The summed E-state index contributed by atoms with van der Waals surface area (Å²) in [6.07, 6.45) is 9.03. The minimum Gasteiger partial charge on any atom is -0.297 e. The van der Waals surface area contributed by atoms with E-state index in [4.69, 9.17) is 0 Å². The number of allylic oxidation sites excluding steroid dienone is 1. The van der Waals surface area contributed by atoms with Gasteiger partial charge in [0, 0.05) is 29.8 Å². The van der Waals surface area contributed by atoms with E-state index in [1.807, 2.05) is 0 Å². The molecule has 1 aliphatic heterocycles. The lowest BCUT2D eigenvalue weighted by Crippen LogP contribution is -2.33. The normalized spacial score (nSPS) is 28.5. The molecule has 5 unspecified atom stereocenters. The average molecular weight is 616 g/mol. The van der Waals surface area contributed by atoms with Crippen LogP contribution >= 0.6 is 0 Å². The summed E-state index contributed by atoms with van der Waals surface area (Å²) in [4.78, 5) is 2.75. The first kappa shape index (κ1) is 21.9.